The minimum absolute atomic E-state index is 0.0884. The predicted molar refractivity (Wildman–Crippen MR) is 127 cm³/mol. The van der Waals surface area contributed by atoms with E-state index in [4.69, 9.17) is 10.5 Å². The Bertz CT molecular complexity index is 1100. The van der Waals surface area contributed by atoms with E-state index in [1.807, 2.05) is 0 Å². The summed E-state index contributed by atoms with van der Waals surface area (Å²) in [6, 6.07) is 10.6. The lowest BCUT2D eigenvalue weighted by atomic mass is 10.0. The third-order valence-electron chi connectivity index (χ3n) is 5.20. The van der Waals surface area contributed by atoms with Crippen LogP contribution in [0.4, 0.5) is 14.9 Å². The van der Waals surface area contributed by atoms with Crippen molar-refractivity contribution >= 4 is 34.4 Å². The fourth-order valence-electron chi connectivity index (χ4n) is 3.45. The quantitative estimate of drug-likeness (QED) is 0.485. The Labute approximate surface area is 199 Å². The van der Waals surface area contributed by atoms with Crippen LogP contribution in [0.2, 0.25) is 0 Å². The van der Waals surface area contributed by atoms with E-state index in [0.29, 0.717) is 16.8 Å². The molecule has 0 radical (unpaired) electrons. The zero-order chi connectivity index (χ0) is 24.8. The molecule has 34 heavy (non-hydrogen) atoms. The number of carbonyl (C=O) groups excluding carboxylic acids is 3. The summed E-state index contributed by atoms with van der Waals surface area (Å²) >= 11 is 0. The first-order valence-electron chi connectivity index (χ1n) is 10.6. The first-order valence-corrected chi connectivity index (χ1v) is 12.3. The number of anilines is 1. The highest BCUT2D eigenvalue weighted by molar-refractivity contribution is 7.84. The van der Waals surface area contributed by atoms with Crippen LogP contribution in [0, 0.1) is 5.82 Å². The molecule has 0 bridgehead atoms. The molecule has 3 atom stereocenters. The number of rotatable bonds is 9. The number of ether oxygens (including phenoxy) is 1. The topological polar surface area (TPSA) is 131 Å². The maximum Gasteiger partial charge on any atom is 0.414 e. The van der Waals surface area contributed by atoms with Crippen molar-refractivity contribution in [3.05, 3.63) is 53.8 Å². The van der Waals surface area contributed by atoms with Gasteiger partial charge < -0.3 is 21.1 Å². The van der Waals surface area contributed by atoms with Crippen molar-refractivity contribution in [1.82, 2.24) is 10.6 Å². The lowest BCUT2D eigenvalue weighted by molar-refractivity contribution is -0.122. The number of carbonyl (C=O) groups is 3. The molecule has 0 aliphatic carbocycles. The van der Waals surface area contributed by atoms with Crippen molar-refractivity contribution in [3.63, 3.8) is 0 Å². The van der Waals surface area contributed by atoms with Gasteiger partial charge in [0, 0.05) is 41.8 Å². The lowest BCUT2D eigenvalue weighted by Gasteiger charge is -2.15. The zero-order valence-electron chi connectivity index (χ0n) is 18.9. The molecule has 0 spiro atoms. The third-order valence-corrected chi connectivity index (χ3v) is 6.03. The van der Waals surface area contributed by atoms with E-state index in [2.05, 4.69) is 10.6 Å². The normalized spacial score (nSPS) is 17.1. The molecule has 9 nitrogen and oxygen atoms in total. The largest absolute Gasteiger partial charge is 0.442 e. The van der Waals surface area contributed by atoms with E-state index in [1.54, 1.807) is 36.4 Å². The van der Waals surface area contributed by atoms with Gasteiger partial charge in [0.1, 0.15) is 11.9 Å². The van der Waals surface area contributed by atoms with Crippen LogP contribution in [0.15, 0.2) is 42.5 Å². The second-order valence-corrected chi connectivity index (χ2v) is 9.46. The SMILES string of the molecule is CC(=O)NC[C@H]1CN(c2ccc(-c3ccc(CNC(=O)[C@@H](N)CS(C)=O)cc3)c(F)c2)C(=O)O1. The van der Waals surface area contributed by atoms with E-state index in [-0.39, 0.29) is 37.2 Å². The molecule has 2 aromatic rings. The standard InChI is InChI=1S/C23H27FN4O5S/c1-14(29)26-11-18-12-28(23(31)33-18)17-7-8-19(20(24)9-17)16-5-3-15(4-6-16)10-27-22(30)21(25)13-34(2)32/h3-9,18,21H,10-13,25H2,1-2H3,(H,26,29)(H,27,30)/t18-,21-,34?/m0/s1. The fraction of sp³-hybridized carbons (Fsp3) is 0.348. The Morgan fingerprint density at radius 2 is 1.94 bits per heavy atom. The fourth-order valence-corrected chi connectivity index (χ4v) is 4.11. The summed E-state index contributed by atoms with van der Waals surface area (Å²) in [4.78, 5) is 36.5. The van der Waals surface area contributed by atoms with Gasteiger partial charge in [-0.15, -0.1) is 0 Å². The van der Waals surface area contributed by atoms with Crippen LogP contribution in [0.5, 0.6) is 0 Å². The number of halogens is 1. The Morgan fingerprint density at radius 3 is 2.56 bits per heavy atom. The molecule has 1 unspecified atom stereocenters. The average molecular weight is 491 g/mol. The Morgan fingerprint density at radius 1 is 1.24 bits per heavy atom. The molecule has 3 rings (SSSR count). The Kier molecular flexibility index (Phi) is 8.35. The minimum atomic E-state index is -1.17. The summed E-state index contributed by atoms with van der Waals surface area (Å²) in [5.41, 5.74) is 7.85. The number of hydrogen-bond donors (Lipinski definition) is 3. The monoisotopic (exact) mass is 490 g/mol. The summed E-state index contributed by atoms with van der Waals surface area (Å²) < 4.78 is 31.3. The highest BCUT2D eigenvalue weighted by Crippen LogP contribution is 2.29. The second kappa shape index (κ2) is 11.2. The highest BCUT2D eigenvalue weighted by atomic mass is 32.2. The average Bonchev–Trinajstić information content (AvgIpc) is 3.16. The molecular weight excluding hydrogens is 463 g/mol. The summed E-state index contributed by atoms with van der Waals surface area (Å²) in [7, 11) is -1.17. The number of nitrogens with zero attached hydrogens (tertiary/aromatic N) is 1. The lowest BCUT2D eigenvalue weighted by Crippen LogP contribution is -2.43. The number of nitrogens with two attached hydrogens (primary N) is 1. The van der Waals surface area contributed by atoms with Gasteiger partial charge in [0.2, 0.25) is 11.8 Å². The van der Waals surface area contributed by atoms with E-state index in [0.717, 1.165) is 5.56 Å². The highest BCUT2D eigenvalue weighted by Gasteiger charge is 2.32. The molecule has 2 aromatic carbocycles. The van der Waals surface area contributed by atoms with Gasteiger partial charge in [0.25, 0.3) is 0 Å². The van der Waals surface area contributed by atoms with Gasteiger partial charge in [-0.1, -0.05) is 24.3 Å². The van der Waals surface area contributed by atoms with Crippen molar-refractivity contribution in [2.45, 2.75) is 25.6 Å². The molecule has 3 amide bonds. The van der Waals surface area contributed by atoms with Gasteiger partial charge in [0.15, 0.2) is 0 Å². The number of nitrogens with one attached hydrogen (secondary N) is 2. The van der Waals surface area contributed by atoms with Crippen LogP contribution < -0.4 is 21.3 Å². The molecule has 4 N–H and O–H groups in total. The molecule has 1 saturated heterocycles. The summed E-state index contributed by atoms with van der Waals surface area (Å²) in [6.45, 7) is 2.00. The van der Waals surface area contributed by atoms with Crippen molar-refractivity contribution in [1.29, 1.82) is 0 Å². The molecule has 182 valence electrons. The van der Waals surface area contributed by atoms with Gasteiger partial charge in [-0.25, -0.2) is 9.18 Å². The van der Waals surface area contributed by atoms with Crippen LogP contribution in [-0.4, -0.2) is 59.4 Å². The van der Waals surface area contributed by atoms with Crippen LogP contribution in [0.1, 0.15) is 12.5 Å². The number of cyclic esters (lactones) is 1. The van der Waals surface area contributed by atoms with Gasteiger partial charge in [-0.3, -0.25) is 18.7 Å². The number of hydrogen-bond acceptors (Lipinski definition) is 6. The van der Waals surface area contributed by atoms with Gasteiger partial charge in [0.05, 0.1) is 24.8 Å². The first-order chi connectivity index (χ1) is 16.1. The summed E-state index contributed by atoms with van der Waals surface area (Å²) in [5, 5.41) is 5.29. The van der Waals surface area contributed by atoms with E-state index >= 15 is 0 Å². The van der Waals surface area contributed by atoms with Crippen LogP contribution in [0.3, 0.4) is 0 Å². The smallest absolute Gasteiger partial charge is 0.414 e. The maximum absolute atomic E-state index is 14.9. The van der Waals surface area contributed by atoms with Crippen LogP contribution >= 0.6 is 0 Å². The minimum Gasteiger partial charge on any atom is -0.442 e. The predicted octanol–water partition coefficient (Wildman–Crippen LogP) is 1.28. The first kappa shape index (κ1) is 25.3. The summed E-state index contributed by atoms with van der Waals surface area (Å²) in [5.74, 6) is -1.03. The molecule has 0 aromatic heterocycles. The molecule has 1 aliphatic rings. The molecular formula is C23H27FN4O5S. The van der Waals surface area contributed by atoms with Crippen LogP contribution in [-0.2, 0) is 31.7 Å². The Balaban J connectivity index is 1.62. The molecule has 1 fully saturated rings. The molecule has 11 heteroatoms. The van der Waals surface area contributed by atoms with Crippen molar-refractivity contribution in [2.75, 3.05) is 30.0 Å². The number of benzene rings is 2. The maximum atomic E-state index is 14.9. The van der Waals surface area contributed by atoms with Crippen molar-refractivity contribution < 1.29 is 27.7 Å². The van der Waals surface area contributed by atoms with Gasteiger partial charge in [-0.2, -0.15) is 0 Å². The van der Waals surface area contributed by atoms with E-state index in [1.165, 1.54) is 24.1 Å². The van der Waals surface area contributed by atoms with Crippen molar-refractivity contribution in [2.24, 2.45) is 5.73 Å². The second-order valence-electron chi connectivity index (χ2n) is 7.98. The summed E-state index contributed by atoms with van der Waals surface area (Å²) in [6.07, 6.45) is 0.379. The molecule has 1 heterocycles. The molecule has 1 aliphatic heterocycles. The van der Waals surface area contributed by atoms with Crippen molar-refractivity contribution in [3.8, 4) is 11.1 Å². The van der Waals surface area contributed by atoms with Gasteiger partial charge >= 0.3 is 6.09 Å². The Hall–Kier alpha value is -3.31. The zero-order valence-corrected chi connectivity index (χ0v) is 19.7. The third kappa shape index (κ3) is 6.61. The van der Waals surface area contributed by atoms with E-state index in [9.17, 15) is 23.0 Å². The number of amides is 3. The van der Waals surface area contributed by atoms with E-state index < -0.39 is 34.9 Å². The van der Waals surface area contributed by atoms with Gasteiger partial charge in [-0.05, 0) is 29.3 Å². The van der Waals surface area contributed by atoms with Crippen LogP contribution in [0.25, 0.3) is 11.1 Å². The molecule has 0 saturated carbocycles.